The number of aromatic hydroxyl groups is 2. The number of carbonyl (C=O) groups is 2. The van der Waals surface area contributed by atoms with E-state index >= 15 is 0 Å². The Bertz CT molecular complexity index is 1410. The molecule has 5 rings (SSSR count). The molecule has 0 saturated carbocycles. The zero-order valence-corrected chi connectivity index (χ0v) is 23.1. The highest BCUT2D eigenvalue weighted by atomic mass is 19.4. The lowest BCUT2D eigenvalue weighted by Crippen LogP contribution is -2.47. The number of rotatable bonds is 9. The van der Waals surface area contributed by atoms with Gasteiger partial charge in [0.15, 0.2) is 11.5 Å². The Labute approximate surface area is 242 Å². The van der Waals surface area contributed by atoms with Gasteiger partial charge in [0.1, 0.15) is 12.0 Å². The third-order valence-corrected chi connectivity index (χ3v) is 8.34. The molecule has 3 aromatic carbocycles. The average Bonchev–Trinajstić information content (AvgIpc) is 3.26. The Kier molecular flexibility index (Phi) is 8.45. The number of likely N-dealkylation sites (tertiary alicyclic amines) is 1. The maximum absolute atomic E-state index is 13.6. The van der Waals surface area contributed by atoms with Crippen LogP contribution in [0.3, 0.4) is 0 Å². The van der Waals surface area contributed by atoms with Gasteiger partial charge in [-0.15, -0.1) is 0 Å². The summed E-state index contributed by atoms with van der Waals surface area (Å²) in [6, 6.07) is 18.9. The first kappa shape index (κ1) is 29.4. The van der Waals surface area contributed by atoms with E-state index in [0.717, 1.165) is 61.2 Å². The first-order chi connectivity index (χ1) is 20.1. The molecule has 0 aromatic heterocycles. The van der Waals surface area contributed by atoms with Crippen LogP contribution in [-0.2, 0) is 10.2 Å². The second-order valence-electron chi connectivity index (χ2n) is 11.0. The lowest BCUT2D eigenvalue weighted by atomic mass is 9.73. The SMILES string of the molecule is O=C(NC1CCN(CCCCC2(C(=O)NCC(F)(F)F)c3ccccc3-c3ccccc32)CC1)c1ccc(O)c(O)c1. The molecule has 0 unspecified atom stereocenters. The number of hydrogen-bond acceptors (Lipinski definition) is 5. The minimum Gasteiger partial charge on any atom is -0.504 e. The largest absolute Gasteiger partial charge is 0.504 e. The number of halogens is 3. The van der Waals surface area contributed by atoms with Crippen molar-refractivity contribution in [2.24, 2.45) is 0 Å². The summed E-state index contributed by atoms with van der Waals surface area (Å²) in [6.07, 6.45) is -1.21. The minimum atomic E-state index is -4.51. The van der Waals surface area contributed by atoms with Gasteiger partial charge >= 0.3 is 6.18 Å². The van der Waals surface area contributed by atoms with E-state index in [1.54, 1.807) is 0 Å². The zero-order chi connectivity index (χ0) is 29.9. The van der Waals surface area contributed by atoms with Crippen LogP contribution in [-0.4, -0.2) is 65.3 Å². The fraction of sp³-hybridized carbons (Fsp3) is 0.375. The van der Waals surface area contributed by atoms with Crippen LogP contribution >= 0.6 is 0 Å². The number of hydrogen-bond donors (Lipinski definition) is 4. The van der Waals surface area contributed by atoms with Crippen molar-refractivity contribution in [2.45, 2.75) is 49.7 Å². The second-order valence-corrected chi connectivity index (χ2v) is 11.0. The summed E-state index contributed by atoms with van der Waals surface area (Å²) in [5.74, 6) is -1.57. The molecule has 2 aliphatic rings. The van der Waals surface area contributed by atoms with Crippen molar-refractivity contribution in [1.82, 2.24) is 15.5 Å². The van der Waals surface area contributed by atoms with Gasteiger partial charge < -0.3 is 25.7 Å². The molecule has 1 heterocycles. The summed E-state index contributed by atoms with van der Waals surface area (Å²) in [7, 11) is 0. The van der Waals surface area contributed by atoms with Gasteiger partial charge in [-0.05, 0) is 72.7 Å². The minimum absolute atomic E-state index is 0.0169. The molecule has 42 heavy (non-hydrogen) atoms. The number of piperidine rings is 1. The number of phenols is 2. The third-order valence-electron chi connectivity index (χ3n) is 8.34. The number of phenolic OH excluding ortho intramolecular Hbond substituents is 2. The molecule has 4 N–H and O–H groups in total. The summed E-state index contributed by atoms with van der Waals surface area (Å²) >= 11 is 0. The highest BCUT2D eigenvalue weighted by Gasteiger charge is 2.49. The number of carbonyl (C=O) groups excluding carboxylic acids is 2. The number of unbranched alkanes of at least 4 members (excludes halogenated alkanes) is 1. The van der Waals surface area contributed by atoms with Crippen LogP contribution in [0.5, 0.6) is 11.5 Å². The molecule has 1 fully saturated rings. The van der Waals surface area contributed by atoms with Gasteiger partial charge in [-0.2, -0.15) is 13.2 Å². The van der Waals surface area contributed by atoms with E-state index < -0.39 is 24.0 Å². The maximum atomic E-state index is 13.6. The highest BCUT2D eigenvalue weighted by Crippen LogP contribution is 2.51. The Balaban J connectivity index is 1.20. The molecule has 10 heteroatoms. The van der Waals surface area contributed by atoms with E-state index in [9.17, 15) is 33.0 Å². The normalized spacial score (nSPS) is 16.5. The van der Waals surface area contributed by atoms with Crippen molar-refractivity contribution in [2.75, 3.05) is 26.2 Å². The first-order valence-electron chi connectivity index (χ1n) is 14.2. The van der Waals surface area contributed by atoms with Crippen molar-refractivity contribution in [3.8, 4) is 22.6 Å². The van der Waals surface area contributed by atoms with Crippen molar-refractivity contribution in [3.63, 3.8) is 0 Å². The van der Waals surface area contributed by atoms with E-state index in [1.807, 2.05) is 48.5 Å². The van der Waals surface area contributed by atoms with Crippen LogP contribution in [0.2, 0.25) is 0 Å². The third kappa shape index (κ3) is 6.09. The molecule has 0 bridgehead atoms. The van der Waals surface area contributed by atoms with Crippen LogP contribution in [0.4, 0.5) is 13.2 Å². The van der Waals surface area contributed by atoms with Gasteiger partial charge in [-0.1, -0.05) is 55.0 Å². The summed E-state index contributed by atoms with van der Waals surface area (Å²) in [6.45, 7) is 0.941. The molecular weight excluding hydrogens is 547 g/mol. The Morgan fingerprint density at radius 3 is 2.10 bits per heavy atom. The summed E-state index contributed by atoms with van der Waals surface area (Å²) < 4.78 is 39.3. The zero-order valence-electron chi connectivity index (χ0n) is 23.1. The van der Waals surface area contributed by atoms with Crippen LogP contribution < -0.4 is 10.6 Å². The lowest BCUT2D eigenvalue weighted by molar-refractivity contribution is -0.141. The van der Waals surface area contributed by atoms with E-state index in [1.165, 1.54) is 18.2 Å². The van der Waals surface area contributed by atoms with Gasteiger partial charge in [-0.3, -0.25) is 9.59 Å². The van der Waals surface area contributed by atoms with Crippen LogP contribution in [0.1, 0.15) is 53.6 Å². The molecule has 1 aliphatic carbocycles. The van der Waals surface area contributed by atoms with Gasteiger partial charge in [0.25, 0.3) is 5.91 Å². The second kappa shape index (κ2) is 12.1. The fourth-order valence-electron chi connectivity index (χ4n) is 6.24. The Morgan fingerprint density at radius 1 is 0.881 bits per heavy atom. The number of alkyl halides is 3. The smallest absolute Gasteiger partial charge is 0.405 e. The standard InChI is InChI=1S/C32H34F3N3O4/c33-32(34,35)20-36-30(42)31(25-9-3-1-7-23(25)24-8-2-4-10-26(24)31)15-5-6-16-38-17-13-22(14-18-38)37-29(41)21-11-12-27(39)28(40)19-21/h1-4,7-12,19,22,39-40H,5-6,13-18,20H2,(H,36,42)(H,37,41). The summed E-state index contributed by atoms with van der Waals surface area (Å²) in [5, 5.41) is 24.3. The summed E-state index contributed by atoms with van der Waals surface area (Å²) in [5.41, 5.74) is 2.31. The Morgan fingerprint density at radius 2 is 1.50 bits per heavy atom. The predicted octanol–water partition coefficient (Wildman–Crippen LogP) is 5.11. The Hall–Kier alpha value is -4.05. The molecule has 0 radical (unpaired) electrons. The molecule has 0 spiro atoms. The first-order valence-corrected chi connectivity index (χ1v) is 14.2. The van der Waals surface area contributed by atoms with Crippen LogP contribution in [0.15, 0.2) is 66.7 Å². The summed E-state index contributed by atoms with van der Waals surface area (Å²) in [4.78, 5) is 28.5. The quantitative estimate of drug-likeness (QED) is 0.208. The average molecular weight is 582 g/mol. The van der Waals surface area contributed by atoms with Crippen LogP contribution in [0.25, 0.3) is 11.1 Å². The monoisotopic (exact) mass is 581 g/mol. The molecule has 1 saturated heterocycles. The van der Waals surface area contributed by atoms with E-state index in [4.69, 9.17) is 0 Å². The van der Waals surface area contributed by atoms with Crippen LogP contribution in [0, 0.1) is 0 Å². The molecule has 0 atom stereocenters. The van der Waals surface area contributed by atoms with Gasteiger partial charge in [-0.25, -0.2) is 0 Å². The molecule has 1 aliphatic heterocycles. The number of amides is 2. The highest BCUT2D eigenvalue weighted by molar-refractivity contribution is 6.00. The van der Waals surface area contributed by atoms with E-state index in [-0.39, 0.29) is 29.0 Å². The van der Waals surface area contributed by atoms with Crippen molar-refractivity contribution < 1.29 is 33.0 Å². The van der Waals surface area contributed by atoms with Crippen molar-refractivity contribution >= 4 is 11.8 Å². The molecule has 7 nitrogen and oxygen atoms in total. The predicted molar refractivity (Wildman–Crippen MR) is 152 cm³/mol. The van der Waals surface area contributed by atoms with Gasteiger partial charge in [0.05, 0.1) is 0 Å². The van der Waals surface area contributed by atoms with Crippen molar-refractivity contribution in [3.05, 3.63) is 83.4 Å². The number of nitrogens with one attached hydrogen (secondary N) is 2. The maximum Gasteiger partial charge on any atom is 0.405 e. The number of nitrogens with zero attached hydrogens (tertiary/aromatic N) is 1. The molecule has 2 amide bonds. The van der Waals surface area contributed by atoms with E-state index in [2.05, 4.69) is 15.5 Å². The molecule has 222 valence electrons. The fourth-order valence-corrected chi connectivity index (χ4v) is 6.24. The molecule has 3 aromatic rings. The number of benzene rings is 3. The van der Waals surface area contributed by atoms with Gasteiger partial charge in [0, 0.05) is 24.7 Å². The molecular formula is C32H34F3N3O4. The lowest BCUT2D eigenvalue weighted by Gasteiger charge is -2.33. The topological polar surface area (TPSA) is 102 Å². The number of fused-ring (bicyclic) bond motifs is 3. The van der Waals surface area contributed by atoms with Crippen molar-refractivity contribution in [1.29, 1.82) is 0 Å². The van der Waals surface area contributed by atoms with E-state index in [0.29, 0.717) is 12.8 Å². The van der Waals surface area contributed by atoms with Gasteiger partial charge in [0.2, 0.25) is 5.91 Å².